The lowest BCUT2D eigenvalue weighted by Crippen LogP contribution is -2.25. The Bertz CT molecular complexity index is 1140. The number of para-hydroxylation sites is 2. The average Bonchev–Trinajstić information content (AvgIpc) is 2.92. The van der Waals surface area contributed by atoms with Crippen LogP contribution in [0.4, 0.5) is 0 Å². The number of nitrogens with zero attached hydrogens (tertiary/aromatic N) is 2. The van der Waals surface area contributed by atoms with E-state index in [4.69, 9.17) is 5.41 Å². The predicted molar refractivity (Wildman–Crippen MR) is 122 cm³/mol. The lowest BCUT2D eigenvalue weighted by molar-refractivity contribution is 0.662. The van der Waals surface area contributed by atoms with Gasteiger partial charge in [0.15, 0.2) is 0 Å². The Hall–Kier alpha value is -2.11. The molecule has 0 fully saturated rings. The minimum absolute atomic E-state index is 0.501. The number of nitrogens with one attached hydrogen (secondary N) is 1. The van der Waals surface area contributed by atoms with Crippen LogP contribution in [0.5, 0.6) is 0 Å². The topological polar surface area (TPSA) is 33.7 Å². The second-order valence-electron chi connectivity index (χ2n) is 7.17. The van der Waals surface area contributed by atoms with E-state index in [0.29, 0.717) is 18.7 Å². The van der Waals surface area contributed by atoms with Gasteiger partial charge in [-0.25, -0.2) is 0 Å². The SMILES string of the molecule is Cc1ccc(Cn2c(=N)n(Cc3ccc(C)cc3Br)c3ccccc32)c(Br)c1. The van der Waals surface area contributed by atoms with Gasteiger partial charge < -0.3 is 9.13 Å². The first-order valence-electron chi connectivity index (χ1n) is 9.17. The highest BCUT2D eigenvalue weighted by Crippen LogP contribution is 2.23. The monoisotopic (exact) mass is 497 g/mol. The number of benzene rings is 3. The van der Waals surface area contributed by atoms with Crippen LogP contribution in [-0.4, -0.2) is 9.13 Å². The molecule has 0 bridgehead atoms. The number of fused-ring (bicyclic) bond motifs is 1. The molecule has 1 heterocycles. The number of aromatic nitrogens is 2. The van der Waals surface area contributed by atoms with Gasteiger partial charge in [0.05, 0.1) is 24.1 Å². The van der Waals surface area contributed by atoms with Gasteiger partial charge >= 0.3 is 0 Å². The summed E-state index contributed by atoms with van der Waals surface area (Å²) in [5.74, 6) is 0. The zero-order valence-corrected chi connectivity index (χ0v) is 19.0. The lowest BCUT2D eigenvalue weighted by Gasteiger charge is -2.09. The Labute approximate surface area is 181 Å². The molecule has 0 amide bonds. The molecule has 0 aliphatic rings. The molecule has 28 heavy (non-hydrogen) atoms. The number of halogens is 2. The number of aryl methyl sites for hydroxylation is 2. The Morgan fingerprint density at radius 1 is 0.714 bits per heavy atom. The van der Waals surface area contributed by atoms with E-state index in [9.17, 15) is 0 Å². The van der Waals surface area contributed by atoms with Crippen LogP contribution in [0.15, 0.2) is 69.6 Å². The zero-order chi connectivity index (χ0) is 19.8. The average molecular weight is 499 g/mol. The fraction of sp³-hybridized carbons (Fsp3) is 0.174. The molecule has 5 heteroatoms. The van der Waals surface area contributed by atoms with E-state index in [0.717, 1.165) is 20.0 Å². The van der Waals surface area contributed by atoms with Gasteiger partial charge in [-0.05, 0) is 60.4 Å². The maximum Gasteiger partial charge on any atom is 0.203 e. The summed E-state index contributed by atoms with van der Waals surface area (Å²) in [4.78, 5) is 0. The normalized spacial score (nSPS) is 11.3. The standard InChI is InChI=1S/C23H21Br2N3/c1-15-7-9-17(19(24)11-15)13-27-21-5-3-4-6-22(21)28(23(27)26)14-18-10-8-16(2)12-20(18)25/h3-12,26H,13-14H2,1-2H3. The van der Waals surface area contributed by atoms with Crippen molar-refractivity contribution in [3.63, 3.8) is 0 Å². The largest absolute Gasteiger partial charge is 0.306 e. The third-order valence-corrected chi connectivity index (χ3v) is 6.53. The van der Waals surface area contributed by atoms with Crippen LogP contribution in [-0.2, 0) is 13.1 Å². The summed E-state index contributed by atoms with van der Waals surface area (Å²) >= 11 is 7.37. The van der Waals surface area contributed by atoms with Crippen molar-refractivity contribution in [1.82, 2.24) is 9.13 Å². The molecule has 0 saturated carbocycles. The maximum absolute atomic E-state index is 8.89. The van der Waals surface area contributed by atoms with E-state index in [1.54, 1.807) is 0 Å². The minimum atomic E-state index is 0.501. The summed E-state index contributed by atoms with van der Waals surface area (Å²) in [5.41, 5.74) is 7.43. The second-order valence-corrected chi connectivity index (χ2v) is 8.88. The van der Waals surface area contributed by atoms with Crippen LogP contribution in [0.25, 0.3) is 11.0 Å². The molecular formula is C23H21Br2N3. The van der Waals surface area contributed by atoms with Crippen LogP contribution >= 0.6 is 31.9 Å². The molecule has 0 aliphatic heterocycles. The van der Waals surface area contributed by atoms with Crippen molar-refractivity contribution in [3.05, 3.63) is 97.5 Å². The summed E-state index contributed by atoms with van der Waals surface area (Å²) in [6.07, 6.45) is 0. The highest BCUT2D eigenvalue weighted by atomic mass is 79.9. The van der Waals surface area contributed by atoms with E-state index < -0.39 is 0 Å². The highest BCUT2D eigenvalue weighted by Gasteiger charge is 2.13. The Morgan fingerprint density at radius 2 is 1.14 bits per heavy atom. The molecule has 0 atom stereocenters. The van der Waals surface area contributed by atoms with Gasteiger partial charge in [-0.1, -0.05) is 68.3 Å². The smallest absolute Gasteiger partial charge is 0.203 e. The van der Waals surface area contributed by atoms with Crippen molar-refractivity contribution in [1.29, 1.82) is 5.41 Å². The predicted octanol–water partition coefficient (Wildman–Crippen LogP) is 6.16. The third-order valence-electron chi connectivity index (χ3n) is 5.05. The van der Waals surface area contributed by atoms with Crippen LogP contribution in [0.3, 0.4) is 0 Å². The molecular weight excluding hydrogens is 478 g/mol. The fourth-order valence-electron chi connectivity index (χ4n) is 3.52. The van der Waals surface area contributed by atoms with Gasteiger partial charge in [0, 0.05) is 8.95 Å². The van der Waals surface area contributed by atoms with Crippen molar-refractivity contribution in [2.45, 2.75) is 26.9 Å². The van der Waals surface area contributed by atoms with Crippen molar-refractivity contribution in [2.75, 3.05) is 0 Å². The van der Waals surface area contributed by atoms with Crippen LogP contribution in [0, 0.1) is 19.3 Å². The molecule has 142 valence electrons. The van der Waals surface area contributed by atoms with Crippen molar-refractivity contribution < 1.29 is 0 Å². The van der Waals surface area contributed by atoms with Gasteiger partial charge in [-0.3, -0.25) is 5.41 Å². The molecule has 0 saturated heterocycles. The quantitative estimate of drug-likeness (QED) is 0.349. The van der Waals surface area contributed by atoms with Crippen LogP contribution in [0.1, 0.15) is 22.3 Å². The van der Waals surface area contributed by atoms with Gasteiger partial charge in [0.1, 0.15) is 0 Å². The minimum Gasteiger partial charge on any atom is -0.306 e. The number of hydrogen-bond donors (Lipinski definition) is 1. The number of rotatable bonds is 4. The third kappa shape index (κ3) is 3.61. The van der Waals surface area contributed by atoms with E-state index in [1.165, 1.54) is 22.3 Å². The van der Waals surface area contributed by atoms with Crippen molar-refractivity contribution >= 4 is 42.9 Å². The molecule has 0 unspecified atom stereocenters. The van der Waals surface area contributed by atoms with Crippen LogP contribution in [0.2, 0.25) is 0 Å². The van der Waals surface area contributed by atoms with Crippen molar-refractivity contribution in [2.24, 2.45) is 0 Å². The molecule has 4 rings (SSSR count). The van der Waals surface area contributed by atoms with Gasteiger partial charge in [0.25, 0.3) is 0 Å². The molecule has 3 nitrogen and oxygen atoms in total. The summed E-state index contributed by atoms with van der Waals surface area (Å²) in [7, 11) is 0. The van der Waals surface area contributed by atoms with E-state index in [-0.39, 0.29) is 0 Å². The Morgan fingerprint density at radius 3 is 1.54 bits per heavy atom. The second kappa shape index (κ2) is 7.72. The van der Waals surface area contributed by atoms with E-state index in [2.05, 4.69) is 103 Å². The first kappa shape index (κ1) is 19.2. The number of imidazole rings is 1. The molecule has 4 aromatic rings. The Balaban J connectivity index is 1.82. The zero-order valence-electron chi connectivity index (χ0n) is 15.8. The maximum atomic E-state index is 8.89. The molecule has 0 aliphatic carbocycles. The lowest BCUT2D eigenvalue weighted by atomic mass is 10.1. The van der Waals surface area contributed by atoms with Gasteiger partial charge in [-0.2, -0.15) is 0 Å². The summed E-state index contributed by atoms with van der Waals surface area (Å²) in [5, 5.41) is 8.89. The van der Waals surface area contributed by atoms with E-state index in [1.807, 2.05) is 12.1 Å². The van der Waals surface area contributed by atoms with Gasteiger partial charge in [-0.15, -0.1) is 0 Å². The molecule has 0 radical (unpaired) electrons. The first-order chi connectivity index (χ1) is 13.4. The summed E-state index contributed by atoms with van der Waals surface area (Å²) in [6, 6.07) is 21.0. The van der Waals surface area contributed by atoms with Gasteiger partial charge in [0.2, 0.25) is 5.62 Å². The summed E-state index contributed by atoms with van der Waals surface area (Å²) in [6.45, 7) is 5.48. The van der Waals surface area contributed by atoms with Crippen LogP contribution < -0.4 is 5.62 Å². The molecule has 0 spiro atoms. The van der Waals surface area contributed by atoms with E-state index >= 15 is 0 Å². The summed E-state index contributed by atoms with van der Waals surface area (Å²) < 4.78 is 6.31. The molecule has 3 aromatic carbocycles. The molecule has 1 N–H and O–H groups in total. The van der Waals surface area contributed by atoms with Crippen molar-refractivity contribution in [3.8, 4) is 0 Å². The number of hydrogen-bond acceptors (Lipinski definition) is 1. The highest BCUT2D eigenvalue weighted by molar-refractivity contribution is 9.10. The fourth-order valence-corrected chi connectivity index (χ4v) is 4.75. The Kier molecular flexibility index (Phi) is 5.30. The first-order valence-corrected chi connectivity index (χ1v) is 10.8. The molecule has 1 aromatic heterocycles.